The fraction of sp³-hybridized carbons (Fsp3) is 1.00. The first-order valence-electron chi connectivity index (χ1n) is 7.21. The van der Waals surface area contributed by atoms with E-state index in [1.165, 1.54) is 25.7 Å². The second-order valence-electron chi connectivity index (χ2n) is 5.79. The summed E-state index contributed by atoms with van der Waals surface area (Å²) in [4.78, 5) is 0. The van der Waals surface area contributed by atoms with Crippen LogP contribution in [-0.2, 0) is 0 Å². The van der Waals surface area contributed by atoms with Crippen molar-refractivity contribution >= 4 is 8.22 Å². The number of rotatable bonds is 8. The molecule has 0 atom stereocenters. The van der Waals surface area contributed by atoms with Gasteiger partial charge >= 0.3 is 0 Å². The molecule has 0 amide bonds. The average molecular weight is 260 g/mol. The molecule has 0 saturated heterocycles. The van der Waals surface area contributed by atoms with Crippen LogP contribution in [0.25, 0.3) is 0 Å². The topological polar surface area (TPSA) is 24.1 Å². The van der Waals surface area contributed by atoms with Crippen LogP contribution in [-0.4, -0.2) is 17.2 Å². The van der Waals surface area contributed by atoms with Crippen molar-refractivity contribution in [3.05, 3.63) is 0 Å². The van der Waals surface area contributed by atoms with Gasteiger partial charge in [0.05, 0.1) is 0 Å². The average Bonchev–Trinajstić information content (AvgIpc) is 2.28. The zero-order valence-corrected chi connectivity index (χ0v) is 13.8. The van der Waals surface area contributed by atoms with E-state index in [0.717, 1.165) is 0 Å². The molecule has 0 fully saturated rings. The molecule has 0 heterocycles. The Bertz CT molecular complexity index is 167. The first-order chi connectivity index (χ1) is 7.88. The monoisotopic (exact) mass is 260 g/mol. The highest BCUT2D eigenvalue weighted by Gasteiger charge is 2.27. The van der Waals surface area contributed by atoms with E-state index in [2.05, 4.69) is 58.6 Å². The summed E-state index contributed by atoms with van der Waals surface area (Å²) < 4.78 is 0. The Labute approximate surface area is 110 Å². The molecule has 0 aromatic carbocycles. The predicted molar refractivity (Wildman–Crippen MR) is 81.7 cm³/mol. The highest BCUT2D eigenvalue weighted by atomic mass is 31.1. The van der Waals surface area contributed by atoms with Crippen LogP contribution < -0.4 is 10.2 Å². The molecular formula is C14H33N2P. The van der Waals surface area contributed by atoms with E-state index in [1.807, 2.05) is 0 Å². The van der Waals surface area contributed by atoms with E-state index >= 15 is 0 Å². The van der Waals surface area contributed by atoms with Gasteiger partial charge in [-0.05, 0) is 25.7 Å². The lowest BCUT2D eigenvalue weighted by Crippen LogP contribution is -2.39. The van der Waals surface area contributed by atoms with Gasteiger partial charge in [0.15, 0.2) is 0 Å². The van der Waals surface area contributed by atoms with Crippen molar-refractivity contribution in [3.8, 4) is 0 Å². The molecule has 104 valence electrons. The van der Waals surface area contributed by atoms with Gasteiger partial charge in [0.1, 0.15) is 0 Å². The zero-order valence-electron chi connectivity index (χ0n) is 12.9. The van der Waals surface area contributed by atoms with E-state index in [0.29, 0.717) is 17.2 Å². The minimum atomic E-state index is -0.304. The van der Waals surface area contributed by atoms with Crippen molar-refractivity contribution < 1.29 is 0 Å². The summed E-state index contributed by atoms with van der Waals surface area (Å²) in [6.07, 6.45) is 4.87. The fourth-order valence-electron chi connectivity index (χ4n) is 1.73. The van der Waals surface area contributed by atoms with E-state index in [9.17, 15) is 0 Å². The summed E-state index contributed by atoms with van der Waals surface area (Å²) in [6.45, 7) is 16.1. The van der Waals surface area contributed by atoms with Crippen molar-refractivity contribution in [2.75, 3.05) is 0 Å². The van der Waals surface area contributed by atoms with Gasteiger partial charge in [-0.15, -0.1) is 0 Å². The molecule has 0 aromatic rings. The summed E-state index contributed by atoms with van der Waals surface area (Å²) >= 11 is 0. The Morgan fingerprint density at radius 1 is 0.765 bits per heavy atom. The Hall–Kier alpha value is 0.350. The van der Waals surface area contributed by atoms with Crippen molar-refractivity contribution in [3.63, 3.8) is 0 Å². The largest absolute Gasteiger partial charge is 0.280 e. The van der Waals surface area contributed by atoms with Gasteiger partial charge in [-0.2, -0.15) is 0 Å². The summed E-state index contributed by atoms with van der Waals surface area (Å²) in [5, 5.41) is 8.01. The SMILES string of the molecule is CCC(CC)NP(NC(CC)CC)C(C)(C)C. The lowest BCUT2D eigenvalue weighted by atomic mass is 10.2. The highest BCUT2D eigenvalue weighted by molar-refractivity contribution is 7.55. The number of hydrogen-bond donors (Lipinski definition) is 2. The summed E-state index contributed by atoms with van der Waals surface area (Å²) in [5.74, 6) is 0. The Morgan fingerprint density at radius 2 is 1.06 bits per heavy atom. The molecule has 2 nitrogen and oxygen atoms in total. The van der Waals surface area contributed by atoms with E-state index in [1.54, 1.807) is 0 Å². The molecule has 0 bridgehead atoms. The third kappa shape index (κ3) is 6.74. The molecule has 0 aliphatic carbocycles. The van der Waals surface area contributed by atoms with Crippen LogP contribution in [0.4, 0.5) is 0 Å². The van der Waals surface area contributed by atoms with Crippen LogP contribution in [0.2, 0.25) is 0 Å². The lowest BCUT2D eigenvalue weighted by Gasteiger charge is -2.37. The molecule has 3 heteroatoms. The maximum absolute atomic E-state index is 3.85. The van der Waals surface area contributed by atoms with Crippen LogP contribution in [0.1, 0.15) is 74.1 Å². The molecule has 0 aliphatic rings. The van der Waals surface area contributed by atoms with Crippen LogP contribution >= 0.6 is 8.22 Å². The molecule has 0 radical (unpaired) electrons. The molecule has 0 saturated carbocycles. The molecule has 0 unspecified atom stereocenters. The van der Waals surface area contributed by atoms with Crippen LogP contribution in [0.5, 0.6) is 0 Å². The van der Waals surface area contributed by atoms with E-state index in [4.69, 9.17) is 0 Å². The summed E-state index contributed by atoms with van der Waals surface area (Å²) in [7, 11) is -0.304. The summed E-state index contributed by atoms with van der Waals surface area (Å²) in [5.41, 5.74) is 0. The van der Waals surface area contributed by atoms with Gasteiger partial charge in [0.25, 0.3) is 0 Å². The Balaban J connectivity index is 4.54. The van der Waals surface area contributed by atoms with E-state index < -0.39 is 0 Å². The molecule has 0 rings (SSSR count). The molecule has 0 aliphatic heterocycles. The highest BCUT2D eigenvalue weighted by Crippen LogP contribution is 2.43. The third-order valence-corrected chi connectivity index (χ3v) is 5.85. The van der Waals surface area contributed by atoms with Crippen LogP contribution in [0.15, 0.2) is 0 Å². The van der Waals surface area contributed by atoms with Gasteiger partial charge in [0.2, 0.25) is 0 Å². The predicted octanol–water partition coefficient (Wildman–Crippen LogP) is 4.65. The van der Waals surface area contributed by atoms with Crippen molar-refractivity contribution in [1.29, 1.82) is 0 Å². The van der Waals surface area contributed by atoms with Crippen molar-refractivity contribution in [2.24, 2.45) is 0 Å². The van der Waals surface area contributed by atoms with Gasteiger partial charge in [-0.3, -0.25) is 10.2 Å². The third-order valence-electron chi connectivity index (χ3n) is 3.27. The normalized spacial score (nSPS) is 13.1. The second kappa shape index (κ2) is 8.45. The van der Waals surface area contributed by atoms with Crippen LogP contribution in [0.3, 0.4) is 0 Å². The molecule has 2 N–H and O–H groups in total. The number of hydrogen-bond acceptors (Lipinski definition) is 2. The standard InChI is InChI=1S/C14H33N2P/c1-8-12(9-2)15-17(14(5,6)7)16-13(10-3)11-4/h12-13,15-16H,8-11H2,1-7H3. The smallest absolute Gasteiger partial charge is 0.0400 e. The van der Waals surface area contributed by atoms with E-state index in [-0.39, 0.29) is 8.22 Å². The quantitative estimate of drug-likeness (QED) is 0.621. The lowest BCUT2D eigenvalue weighted by molar-refractivity contribution is 0.540. The number of nitrogens with one attached hydrogen (secondary N) is 2. The first-order valence-corrected chi connectivity index (χ1v) is 8.55. The zero-order chi connectivity index (χ0) is 13.5. The van der Waals surface area contributed by atoms with Crippen LogP contribution in [0, 0.1) is 0 Å². The molecule has 0 spiro atoms. The van der Waals surface area contributed by atoms with Crippen molar-refractivity contribution in [1.82, 2.24) is 10.2 Å². The van der Waals surface area contributed by atoms with Gasteiger partial charge < -0.3 is 0 Å². The maximum atomic E-state index is 3.85. The molecule has 17 heavy (non-hydrogen) atoms. The fourth-order valence-corrected chi connectivity index (χ4v) is 4.04. The first kappa shape index (κ1) is 17.4. The minimum absolute atomic E-state index is 0.304. The maximum Gasteiger partial charge on any atom is 0.0400 e. The van der Waals surface area contributed by atoms with Gasteiger partial charge in [-0.1, -0.05) is 48.5 Å². The minimum Gasteiger partial charge on any atom is -0.280 e. The second-order valence-corrected chi connectivity index (χ2v) is 8.32. The molecular weight excluding hydrogens is 227 g/mol. The van der Waals surface area contributed by atoms with Gasteiger partial charge in [-0.25, -0.2) is 0 Å². The Morgan fingerprint density at radius 3 is 1.24 bits per heavy atom. The summed E-state index contributed by atoms with van der Waals surface area (Å²) in [6, 6.07) is 1.31. The van der Waals surface area contributed by atoms with Crippen molar-refractivity contribution in [2.45, 2.75) is 91.4 Å². The Kier molecular flexibility index (Phi) is 8.63. The molecule has 0 aromatic heterocycles. The van der Waals surface area contributed by atoms with Gasteiger partial charge in [0, 0.05) is 25.5 Å².